The lowest BCUT2D eigenvalue weighted by Crippen LogP contribution is -2.48. The van der Waals surface area contributed by atoms with Crippen LogP contribution in [0, 0.1) is 5.92 Å². The van der Waals surface area contributed by atoms with Crippen molar-refractivity contribution in [3.63, 3.8) is 0 Å². The first kappa shape index (κ1) is 17.6. The number of halogens is 1. The van der Waals surface area contributed by atoms with E-state index in [1.165, 1.54) is 0 Å². The summed E-state index contributed by atoms with van der Waals surface area (Å²) in [5.74, 6) is 0.584. The number of hydrogen-bond donors (Lipinski definition) is 2. The number of rotatable bonds is 5. The van der Waals surface area contributed by atoms with Gasteiger partial charge in [0.15, 0.2) is 0 Å². The van der Waals surface area contributed by atoms with Gasteiger partial charge in [-0.2, -0.15) is 0 Å². The van der Waals surface area contributed by atoms with E-state index in [1.807, 2.05) is 35.2 Å². The fourth-order valence-corrected chi connectivity index (χ4v) is 2.78. The van der Waals surface area contributed by atoms with Crippen LogP contribution in [0.25, 0.3) is 0 Å². The number of para-hydroxylation sites is 1. The second-order valence-corrected chi connectivity index (χ2v) is 6.16. The molecule has 0 aromatic heterocycles. The van der Waals surface area contributed by atoms with E-state index >= 15 is 0 Å². The van der Waals surface area contributed by atoms with Gasteiger partial charge in [0, 0.05) is 30.7 Å². The second kappa shape index (κ2) is 8.20. The normalized spacial score (nSPS) is 18.0. The Hall–Kier alpha value is -1.75. The van der Waals surface area contributed by atoms with Crippen molar-refractivity contribution in [3.8, 4) is 0 Å². The average Bonchev–Trinajstić information content (AvgIpc) is 3.39. The Balaban J connectivity index is 0.00000192. The van der Waals surface area contributed by atoms with Crippen LogP contribution in [0.5, 0.6) is 0 Å². The van der Waals surface area contributed by atoms with Gasteiger partial charge in [0.1, 0.15) is 0 Å². The number of piperidine rings is 1. The van der Waals surface area contributed by atoms with Gasteiger partial charge in [0.25, 0.3) is 0 Å². The maximum absolute atomic E-state index is 12.2. The molecule has 1 aromatic carbocycles. The molecule has 2 N–H and O–H groups in total. The van der Waals surface area contributed by atoms with Crippen LogP contribution in [0.3, 0.4) is 0 Å². The first-order chi connectivity index (χ1) is 10.7. The molecule has 1 saturated heterocycles. The highest BCUT2D eigenvalue weighted by Gasteiger charge is 2.32. The van der Waals surface area contributed by atoms with Crippen molar-refractivity contribution in [1.82, 2.24) is 10.2 Å². The predicted octanol–water partition coefficient (Wildman–Crippen LogP) is 2.04. The van der Waals surface area contributed by atoms with Crippen LogP contribution in [-0.2, 0) is 9.59 Å². The number of likely N-dealkylation sites (tertiary alicyclic amines) is 1. The Labute approximate surface area is 143 Å². The molecule has 2 aliphatic rings. The van der Waals surface area contributed by atoms with Gasteiger partial charge in [0.2, 0.25) is 11.8 Å². The van der Waals surface area contributed by atoms with Crippen LogP contribution in [0.2, 0.25) is 0 Å². The molecule has 0 unspecified atom stereocenters. The predicted molar refractivity (Wildman–Crippen MR) is 92.6 cm³/mol. The van der Waals surface area contributed by atoms with E-state index in [4.69, 9.17) is 0 Å². The van der Waals surface area contributed by atoms with Crippen molar-refractivity contribution in [1.29, 1.82) is 0 Å². The topological polar surface area (TPSA) is 61.4 Å². The molecule has 3 rings (SSSR count). The van der Waals surface area contributed by atoms with Crippen molar-refractivity contribution in [2.45, 2.75) is 31.7 Å². The second-order valence-electron chi connectivity index (χ2n) is 6.16. The summed E-state index contributed by atoms with van der Waals surface area (Å²) in [7, 11) is 0. The molecule has 0 bridgehead atoms. The molecule has 5 nitrogen and oxygen atoms in total. The molecule has 1 aliphatic heterocycles. The Morgan fingerprint density at radius 2 is 1.70 bits per heavy atom. The van der Waals surface area contributed by atoms with Gasteiger partial charge < -0.3 is 15.5 Å². The lowest BCUT2D eigenvalue weighted by atomic mass is 10.0. The van der Waals surface area contributed by atoms with E-state index in [0.29, 0.717) is 6.54 Å². The number of hydrogen-bond acceptors (Lipinski definition) is 3. The van der Waals surface area contributed by atoms with Gasteiger partial charge in [-0.3, -0.25) is 9.59 Å². The van der Waals surface area contributed by atoms with Crippen molar-refractivity contribution >= 4 is 29.9 Å². The highest BCUT2D eigenvalue weighted by Crippen LogP contribution is 2.29. The molecule has 6 heteroatoms. The minimum absolute atomic E-state index is 0. The maximum Gasteiger partial charge on any atom is 0.241 e. The van der Waals surface area contributed by atoms with E-state index in [1.54, 1.807) is 0 Å². The molecular formula is C17H24ClN3O2. The molecule has 1 aliphatic carbocycles. The summed E-state index contributed by atoms with van der Waals surface area (Å²) < 4.78 is 0. The summed E-state index contributed by atoms with van der Waals surface area (Å²) in [6.07, 6.45) is 3.79. The molecule has 1 saturated carbocycles. The number of nitrogens with zero attached hydrogens (tertiary/aromatic N) is 1. The van der Waals surface area contributed by atoms with E-state index < -0.39 is 0 Å². The summed E-state index contributed by atoms with van der Waals surface area (Å²) in [5, 5.41) is 6.25. The monoisotopic (exact) mass is 337 g/mol. The number of carbonyl (C=O) groups is 2. The molecule has 126 valence electrons. The van der Waals surface area contributed by atoms with Gasteiger partial charge >= 0.3 is 0 Å². The van der Waals surface area contributed by atoms with Crippen molar-refractivity contribution < 1.29 is 9.59 Å². The zero-order valence-electron chi connectivity index (χ0n) is 13.2. The zero-order chi connectivity index (χ0) is 15.4. The highest BCUT2D eigenvalue weighted by molar-refractivity contribution is 5.85. The quantitative estimate of drug-likeness (QED) is 0.864. The summed E-state index contributed by atoms with van der Waals surface area (Å²) >= 11 is 0. The summed E-state index contributed by atoms with van der Waals surface area (Å²) in [6, 6.07) is 9.98. The number of benzene rings is 1. The Bertz CT molecular complexity index is 526. The van der Waals surface area contributed by atoms with Crippen LogP contribution >= 0.6 is 12.4 Å². The molecule has 1 aromatic rings. The third kappa shape index (κ3) is 5.13. The standard InChI is InChI=1S/C17H23N3O2.ClH/c21-16(12-18-14-4-2-1-3-5-14)20-10-8-15(9-11-20)19-17(22)13-6-7-13;/h1-5,13,15,18H,6-12H2,(H,19,22);1H. The molecule has 0 atom stereocenters. The minimum atomic E-state index is 0. The van der Waals surface area contributed by atoms with Crippen LogP contribution in [0.4, 0.5) is 5.69 Å². The third-order valence-corrected chi connectivity index (χ3v) is 4.36. The van der Waals surface area contributed by atoms with Crippen molar-refractivity contribution in [2.24, 2.45) is 5.92 Å². The molecular weight excluding hydrogens is 314 g/mol. The molecule has 23 heavy (non-hydrogen) atoms. The molecule has 0 spiro atoms. The van der Waals surface area contributed by atoms with Gasteiger partial charge in [-0.15, -0.1) is 12.4 Å². The first-order valence-corrected chi connectivity index (χ1v) is 8.09. The first-order valence-electron chi connectivity index (χ1n) is 8.09. The van der Waals surface area contributed by atoms with Gasteiger partial charge in [-0.1, -0.05) is 18.2 Å². The smallest absolute Gasteiger partial charge is 0.241 e. The average molecular weight is 338 g/mol. The Kier molecular flexibility index (Phi) is 6.28. The fourth-order valence-electron chi connectivity index (χ4n) is 2.78. The lowest BCUT2D eigenvalue weighted by Gasteiger charge is -2.32. The highest BCUT2D eigenvalue weighted by atomic mass is 35.5. The molecule has 2 fully saturated rings. The minimum Gasteiger partial charge on any atom is -0.376 e. The van der Waals surface area contributed by atoms with Crippen LogP contribution in [-0.4, -0.2) is 42.4 Å². The van der Waals surface area contributed by atoms with E-state index in [-0.39, 0.29) is 36.2 Å². The number of anilines is 1. The van der Waals surface area contributed by atoms with Crippen molar-refractivity contribution in [2.75, 3.05) is 25.0 Å². The summed E-state index contributed by atoms with van der Waals surface area (Å²) in [6.45, 7) is 1.78. The van der Waals surface area contributed by atoms with Crippen LogP contribution < -0.4 is 10.6 Å². The largest absolute Gasteiger partial charge is 0.376 e. The van der Waals surface area contributed by atoms with Crippen LogP contribution in [0.1, 0.15) is 25.7 Å². The third-order valence-electron chi connectivity index (χ3n) is 4.36. The number of nitrogens with one attached hydrogen (secondary N) is 2. The molecule has 2 amide bonds. The van der Waals surface area contributed by atoms with Gasteiger partial charge in [-0.25, -0.2) is 0 Å². The molecule has 0 radical (unpaired) electrons. The molecule has 1 heterocycles. The van der Waals surface area contributed by atoms with Crippen molar-refractivity contribution in [3.05, 3.63) is 30.3 Å². The zero-order valence-corrected chi connectivity index (χ0v) is 14.0. The SMILES string of the molecule is Cl.O=C(NC1CCN(C(=O)CNc2ccccc2)CC1)C1CC1. The van der Waals surface area contributed by atoms with E-state index in [2.05, 4.69) is 10.6 Å². The Morgan fingerprint density at radius 1 is 1.04 bits per heavy atom. The van der Waals surface area contributed by atoms with Gasteiger partial charge in [-0.05, 0) is 37.8 Å². The summed E-state index contributed by atoms with van der Waals surface area (Å²) in [5.41, 5.74) is 0.961. The van der Waals surface area contributed by atoms with E-state index in [9.17, 15) is 9.59 Å². The number of carbonyl (C=O) groups excluding carboxylic acids is 2. The van der Waals surface area contributed by atoms with Gasteiger partial charge in [0.05, 0.1) is 6.54 Å². The maximum atomic E-state index is 12.2. The summed E-state index contributed by atoms with van der Waals surface area (Å²) in [4.78, 5) is 25.8. The number of amides is 2. The van der Waals surface area contributed by atoms with E-state index in [0.717, 1.165) is 44.5 Å². The van der Waals surface area contributed by atoms with Crippen LogP contribution in [0.15, 0.2) is 30.3 Å². The fraction of sp³-hybridized carbons (Fsp3) is 0.529. The Morgan fingerprint density at radius 3 is 2.30 bits per heavy atom. The lowest BCUT2D eigenvalue weighted by molar-refractivity contribution is -0.130.